The van der Waals surface area contributed by atoms with E-state index >= 15 is 0 Å². The van der Waals surface area contributed by atoms with E-state index in [1.807, 2.05) is 0 Å². The molecule has 0 aromatic heterocycles. The van der Waals surface area contributed by atoms with Crippen LogP contribution in [-0.4, -0.2) is 6.66 Å². The van der Waals surface area contributed by atoms with Gasteiger partial charge in [-0.2, -0.15) is 0 Å². The SMILES string of the molecule is C[SiH](C)[Ti]([Cl])([Cl])([CH]1C(C(C)(C)C)=Cc2ccccc21)[CH]1C(C(C)(C)C)=Cc2ccccc21. The second kappa shape index (κ2) is 7.72. The molecule has 2 aliphatic carbocycles. The summed E-state index contributed by atoms with van der Waals surface area (Å²) < 4.78 is 0.278. The number of benzene rings is 2. The van der Waals surface area contributed by atoms with E-state index in [4.69, 9.17) is 18.6 Å². The van der Waals surface area contributed by atoms with Gasteiger partial charge in [0.25, 0.3) is 0 Å². The number of hydrogen-bond acceptors (Lipinski definition) is 0. The number of fused-ring (bicyclic) bond motifs is 2. The number of rotatable bonds is 3. The Morgan fingerprint density at radius 1 is 0.656 bits per heavy atom. The average molecular weight is 520 g/mol. The zero-order chi connectivity index (χ0) is 23.7. The standard InChI is InChI=1S/2C13H15.C2H7Si.2ClH.Ti/c2*1-13(2,3)12-8-10-6-4-5-7-11(10)9-12;1-3-2;;;/h2*4-9H,1-3H3;3H,1-2H3;2*1H;/q;;;;;+2/p-2. The summed E-state index contributed by atoms with van der Waals surface area (Å²) in [7, 11) is 16.7. The van der Waals surface area contributed by atoms with Gasteiger partial charge in [0.05, 0.1) is 0 Å². The molecule has 2 atom stereocenters. The molecule has 0 saturated heterocycles. The summed E-state index contributed by atoms with van der Waals surface area (Å²) >= 11 is -4.33. The first-order valence-electron chi connectivity index (χ1n) is 11.9. The van der Waals surface area contributed by atoms with Crippen molar-refractivity contribution in [3.8, 4) is 0 Å². The summed E-state index contributed by atoms with van der Waals surface area (Å²) in [5.41, 5.74) is 8.20. The van der Waals surface area contributed by atoms with Gasteiger partial charge in [-0.05, 0) is 0 Å². The first kappa shape index (κ1) is 24.6. The van der Waals surface area contributed by atoms with Crippen LogP contribution in [0.5, 0.6) is 0 Å². The molecule has 4 heteroatoms. The molecule has 0 nitrogen and oxygen atoms in total. The van der Waals surface area contributed by atoms with Crippen molar-refractivity contribution in [2.75, 3.05) is 0 Å². The van der Waals surface area contributed by atoms with Crippen LogP contribution in [0.2, 0.25) is 13.1 Å². The van der Waals surface area contributed by atoms with Crippen molar-refractivity contribution in [3.63, 3.8) is 0 Å². The van der Waals surface area contributed by atoms with Crippen molar-refractivity contribution in [3.05, 3.63) is 81.9 Å². The summed E-state index contributed by atoms with van der Waals surface area (Å²) in [5.74, 6) is 0. The van der Waals surface area contributed by atoms with Crippen LogP contribution < -0.4 is 0 Å². The molecular formula is C28H37Cl2SiTi. The van der Waals surface area contributed by atoms with E-state index in [1.165, 1.54) is 33.4 Å². The Hall–Kier alpha value is -0.569. The van der Waals surface area contributed by atoms with Crippen LogP contribution in [0, 0.1) is 10.8 Å². The van der Waals surface area contributed by atoms with Gasteiger partial charge in [-0.15, -0.1) is 0 Å². The first-order chi connectivity index (χ1) is 14.7. The summed E-state index contributed by atoms with van der Waals surface area (Å²) in [6.45, 7) is 17.2. The second-order valence-corrected chi connectivity index (χ2v) is 41.5. The summed E-state index contributed by atoms with van der Waals surface area (Å²) in [6.07, 6.45) is 4.82. The van der Waals surface area contributed by atoms with Crippen LogP contribution in [0.1, 0.15) is 72.2 Å². The van der Waals surface area contributed by atoms with Gasteiger partial charge in [-0.3, -0.25) is 0 Å². The van der Waals surface area contributed by atoms with Crippen molar-refractivity contribution >= 4 is 37.4 Å². The quantitative estimate of drug-likeness (QED) is 0.354. The van der Waals surface area contributed by atoms with E-state index in [-0.39, 0.29) is 19.3 Å². The molecule has 171 valence electrons. The predicted molar refractivity (Wildman–Crippen MR) is 144 cm³/mol. The Kier molecular flexibility index (Phi) is 5.92. The van der Waals surface area contributed by atoms with Crippen molar-refractivity contribution in [2.45, 2.75) is 63.1 Å². The normalized spacial score (nSPS) is 22.2. The fraction of sp³-hybridized carbons (Fsp3) is 0.429. The van der Waals surface area contributed by atoms with Crippen molar-refractivity contribution in [1.82, 2.24) is 0 Å². The van der Waals surface area contributed by atoms with Gasteiger partial charge in [0.1, 0.15) is 0 Å². The minimum absolute atomic E-state index is 0.00500. The van der Waals surface area contributed by atoms with Crippen LogP contribution >= 0.6 is 18.6 Å². The molecule has 2 aliphatic rings. The third-order valence-electron chi connectivity index (χ3n) is 7.80. The molecular weight excluding hydrogens is 483 g/mol. The molecule has 0 saturated carbocycles. The summed E-state index contributed by atoms with van der Waals surface area (Å²) in [4.78, 5) is 0. The maximum atomic E-state index is 8.34. The third kappa shape index (κ3) is 3.59. The number of hydrogen-bond donors (Lipinski definition) is 0. The molecule has 0 heterocycles. The molecule has 0 bridgehead atoms. The number of allylic oxidation sites excluding steroid dienone is 2. The van der Waals surface area contributed by atoms with Gasteiger partial charge in [-0.1, -0.05) is 0 Å². The third-order valence-corrected chi connectivity index (χ3v) is 42.9. The van der Waals surface area contributed by atoms with Gasteiger partial charge in [0.2, 0.25) is 0 Å². The van der Waals surface area contributed by atoms with Crippen molar-refractivity contribution < 1.29 is 12.4 Å². The monoisotopic (exact) mass is 519 g/mol. The fourth-order valence-corrected chi connectivity index (χ4v) is 27.1. The first-order valence-corrected chi connectivity index (χ1v) is 23.6. The van der Waals surface area contributed by atoms with Gasteiger partial charge in [-0.25, -0.2) is 0 Å². The summed E-state index contributed by atoms with van der Waals surface area (Å²) in [6, 6.07) is 17.7. The molecule has 0 radical (unpaired) electrons. The molecule has 4 rings (SSSR count). The molecule has 0 amide bonds. The number of halogens is 2. The average Bonchev–Trinajstić information content (AvgIpc) is 3.28. The van der Waals surface area contributed by atoms with Gasteiger partial charge in [0, 0.05) is 0 Å². The molecule has 0 fully saturated rings. The Morgan fingerprint density at radius 2 is 1.00 bits per heavy atom. The van der Waals surface area contributed by atoms with Gasteiger partial charge in [0.15, 0.2) is 0 Å². The van der Waals surface area contributed by atoms with E-state index in [0.29, 0.717) is 0 Å². The van der Waals surface area contributed by atoms with Gasteiger partial charge < -0.3 is 0 Å². The van der Waals surface area contributed by atoms with E-state index in [9.17, 15) is 0 Å². The van der Waals surface area contributed by atoms with Crippen LogP contribution in [0.15, 0.2) is 59.7 Å². The predicted octanol–water partition coefficient (Wildman–Crippen LogP) is 9.34. The second-order valence-electron chi connectivity index (χ2n) is 12.2. The van der Waals surface area contributed by atoms with Crippen molar-refractivity contribution in [2.24, 2.45) is 10.8 Å². The fourth-order valence-electron chi connectivity index (χ4n) is 5.97. The molecule has 2 aromatic rings. The zero-order valence-electron chi connectivity index (χ0n) is 20.8. The van der Waals surface area contributed by atoms with E-state index in [2.05, 4.69) is 115 Å². The van der Waals surface area contributed by atoms with Crippen LogP contribution in [0.3, 0.4) is 0 Å². The van der Waals surface area contributed by atoms with Crippen molar-refractivity contribution in [1.29, 1.82) is 0 Å². The Labute approximate surface area is 204 Å². The van der Waals surface area contributed by atoms with Crippen LogP contribution in [-0.2, 0) is 12.4 Å². The molecule has 2 aromatic carbocycles. The van der Waals surface area contributed by atoms with E-state index in [1.54, 1.807) is 0 Å². The summed E-state index contributed by atoms with van der Waals surface area (Å²) in [5, 5.41) is 0. The maximum absolute atomic E-state index is 8.34. The van der Waals surface area contributed by atoms with Crippen LogP contribution in [0.25, 0.3) is 12.2 Å². The topological polar surface area (TPSA) is 0 Å². The van der Waals surface area contributed by atoms with E-state index < -0.39 is 19.1 Å². The van der Waals surface area contributed by atoms with Gasteiger partial charge >= 0.3 is 206 Å². The molecule has 32 heavy (non-hydrogen) atoms. The Bertz CT molecular complexity index is 1050. The molecule has 0 N–H and O–H groups in total. The molecule has 0 aliphatic heterocycles. The zero-order valence-corrected chi connectivity index (χ0v) is 25.0. The molecule has 2 unspecified atom stereocenters. The van der Waals surface area contributed by atoms with Crippen LogP contribution in [0.4, 0.5) is 0 Å². The minimum atomic E-state index is -4.33. The Balaban J connectivity index is 2.07. The van der Waals surface area contributed by atoms with E-state index in [0.717, 1.165) is 0 Å². The Morgan fingerprint density at radius 3 is 1.31 bits per heavy atom. The molecule has 0 spiro atoms.